The zero-order chi connectivity index (χ0) is 29.2. The third-order valence-electron chi connectivity index (χ3n) is 8.22. The second-order valence-corrected chi connectivity index (χ2v) is 11.0. The van der Waals surface area contributed by atoms with Crippen molar-refractivity contribution in [1.29, 1.82) is 0 Å². The molecule has 8 heteroatoms. The van der Waals surface area contributed by atoms with Crippen LogP contribution >= 0.6 is 0 Å². The van der Waals surface area contributed by atoms with Gasteiger partial charge in [-0.3, -0.25) is 14.4 Å². The molecule has 8 nitrogen and oxygen atoms in total. The highest BCUT2D eigenvalue weighted by Crippen LogP contribution is 2.32. The van der Waals surface area contributed by atoms with E-state index in [1.165, 1.54) is 12.5 Å². The fourth-order valence-corrected chi connectivity index (χ4v) is 5.91. The first-order valence-electron chi connectivity index (χ1n) is 15.2. The average molecular weight is 564 g/mol. The van der Waals surface area contributed by atoms with Crippen molar-refractivity contribution < 1.29 is 23.9 Å². The van der Waals surface area contributed by atoms with E-state index in [1.807, 2.05) is 52.3 Å². The lowest BCUT2D eigenvalue weighted by molar-refractivity contribution is -0.147. The molecule has 222 valence electrons. The first-order chi connectivity index (χ1) is 19.9. The van der Waals surface area contributed by atoms with Gasteiger partial charge in [0.1, 0.15) is 11.9 Å². The molecule has 1 unspecified atom stereocenters. The van der Waals surface area contributed by atoms with Crippen LogP contribution in [0.1, 0.15) is 75.2 Å². The van der Waals surface area contributed by atoms with E-state index in [9.17, 15) is 14.4 Å². The van der Waals surface area contributed by atoms with Crippen LogP contribution in [0.5, 0.6) is 5.75 Å². The van der Waals surface area contributed by atoms with Gasteiger partial charge >= 0.3 is 5.97 Å². The zero-order valence-corrected chi connectivity index (χ0v) is 24.8. The molecule has 0 N–H and O–H groups in total. The lowest BCUT2D eigenvalue weighted by atomic mass is 9.95. The fraction of sp³-hybridized carbons (Fsp3) is 0.545. The minimum atomic E-state index is -0.236. The quantitative estimate of drug-likeness (QED) is 0.249. The highest BCUT2D eigenvalue weighted by molar-refractivity contribution is 5.97. The van der Waals surface area contributed by atoms with Gasteiger partial charge in [-0.25, -0.2) is 0 Å². The molecule has 0 saturated carbocycles. The van der Waals surface area contributed by atoms with Gasteiger partial charge in [-0.1, -0.05) is 32.0 Å². The van der Waals surface area contributed by atoms with Crippen LogP contribution in [0.2, 0.25) is 0 Å². The predicted octanol–water partition coefficient (Wildman–Crippen LogP) is 5.09. The van der Waals surface area contributed by atoms with E-state index in [0.29, 0.717) is 31.7 Å². The van der Waals surface area contributed by atoms with E-state index < -0.39 is 0 Å². The van der Waals surface area contributed by atoms with Gasteiger partial charge in [-0.05, 0) is 87.5 Å². The summed E-state index contributed by atoms with van der Waals surface area (Å²) in [7, 11) is 0. The Balaban J connectivity index is 1.20. The number of hydrogen-bond donors (Lipinski definition) is 0. The maximum atomic E-state index is 13.2. The number of amides is 2. The number of likely N-dealkylation sites (N-methyl/N-ethyl adjacent to an activating group) is 1. The molecule has 1 atom stereocenters. The number of carbonyl (C=O) groups excluding carboxylic acids is 3. The number of benzene rings is 2. The molecule has 1 fully saturated rings. The van der Waals surface area contributed by atoms with Crippen LogP contribution in [0, 0.1) is 0 Å². The number of aryl methyl sites for hydroxylation is 1. The van der Waals surface area contributed by atoms with Crippen molar-refractivity contribution in [2.45, 2.75) is 77.9 Å². The number of ether oxygens (including phenoxy) is 2. The molecule has 0 bridgehead atoms. The molecule has 2 aromatic rings. The first-order valence-corrected chi connectivity index (χ1v) is 15.2. The monoisotopic (exact) mass is 563 g/mol. The van der Waals surface area contributed by atoms with Gasteiger partial charge in [0.15, 0.2) is 0 Å². The number of esters is 1. The maximum absolute atomic E-state index is 13.2. The van der Waals surface area contributed by atoms with Crippen LogP contribution in [0.15, 0.2) is 48.5 Å². The number of fused-ring (bicyclic) bond motifs is 1. The summed E-state index contributed by atoms with van der Waals surface area (Å²) in [5.74, 6) is 0.709. The predicted molar refractivity (Wildman–Crippen MR) is 160 cm³/mol. The van der Waals surface area contributed by atoms with Crippen LogP contribution in [0.25, 0.3) is 0 Å². The number of rotatable bonds is 13. The fourth-order valence-electron chi connectivity index (χ4n) is 5.91. The van der Waals surface area contributed by atoms with Crippen molar-refractivity contribution in [2.75, 3.05) is 44.2 Å². The zero-order valence-electron chi connectivity index (χ0n) is 24.8. The number of unbranched alkanes of at least 4 members (excludes halogenated alkanes) is 1. The highest BCUT2D eigenvalue weighted by Gasteiger charge is 2.33. The van der Waals surface area contributed by atoms with Gasteiger partial charge in [-0.15, -0.1) is 0 Å². The van der Waals surface area contributed by atoms with Gasteiger partial charge in [0.25, 0.3) is 5.91 Å². The number of anilines is 1. The summed E-state index contributed by atoms with van der Waals surface area (Å²) in [4.78, 5) is 43.6. The third kappa shape index (κ3) is 8.32. The molecule has 2 aliphatic heterocycles. The van der Waals surface area contributed by atoms with E-state index >= 15 is 0 Å². The first kappa shape index (κ1) is 30.6. The molecule has 41 heavy (non-hydrogen) atoms. The summed E-state index contributed by atoms with van der Waals surface area (Å²) in [6, 6.07) is 15.7. The number of piperidine rings is 1. The van der Waals surface area contributed by atoms with Crippen LogP contribution in [-0.2, 0) is 20.7 Å². The number of carbonyl (C=O) groups is 3. The van der Waals surface area contributed by atoms with Crippen LogP contribution in [0.4, 0.5) is 5.69 Å². The molecule has 2 heterocycles. The normalized spacial score (nSPS) is 16.4. The van der Waals surface area contributed by atoms with Crippen molar-refractivity contribution in [3.05, 3.63) is 59.7 Å². The second kappa shape index (κ2) is 15.0. The molecular formula is C33H45N3O5. The minimum Gasteiger partial charge on any atom is -0.494 e. The SMILES string of the molecule is CCN(CC)CC(CCCCOc1ccc(C(=O)N2CCC(N3C(=O)CCc4ccccc43)CC2)cc1)OC(C)=O. The topological polar surface area (TPSA) is 79.4 Å². The Morgan fingerprint density at radius 1 is 0.976 bits per heavy atom. The van der Waals surface area contributed by atoms with Crippen molar-refractivity contribution >= 4 is 23.5 Å². The summed E-state index contributed by atoms with van der Waals surface area (Å²) >= 11 is 0. The van der Waals surface area contributed by atoms with Gasteiger partial charge in [0.2, 0.25) is 5.91 Å². The van der Waals surface area contributed by atoms with Crippen molar-refractivity contribution in [3.63, 3.8) is 0 Å². The third-order valence-corrected chi connectivity index (χ3v) is 8.22. The number of hydrogen-bond acceptors (Lipinski definition) is 6. The van der Waals surface area contributed by atoms with E-state index in [4.69, 9.17) is 9.47 Å². The van der Waals surface area contributed by atoms with Gasteiger partial charge < -0.3 is 24.2 Å². The maximum Gasteiger partial charge on any atom is 0.302 e. The van der Waals surface area contributed by atoms with Crippen LogP contribution in [0.3, 0.4) is 0 Å². The standard InChI is InChI=1S/C33H45N3O5/c1-4-34(5-2)24-30(41-25(3)37)11-8-9-23-40-29-16-13-27(14-17-29)33(39)35-21-19-28(20-22-35)36-31-12-7-6-10-26(31)15-18-32(36)38/h6-7,10,12-14,16-17,28,30H,4-5,8-9,11,15,18-24H2,1-3H3. The van der Waals surface area contributed by atoms with Crippen LogP contribution in [-0.4, -0.2) is 79.1 Å². The number of para-hydroxylation sites is 1. The molecule has 0 aliphatic carbocycles. The van der Waals surface area contributed by atoms with E-state index in [2.05, 4.69) is 24.8 Å². The Morgan fingerprint density at radius 3 is 2.37 bits per heavy atom. The van der Waals surface area contributed by atoms with E-state index in [0.717, 1.165) is 69.6 Å². The molecule has 4 rings (SSSR count). The largest absolute Gasteiger partial charge is 0.494 e. The summed E-state index contributed by atoms with van der Waals surface area (Å²) in [6.45, 7) is 10.1. The summed E-state index contributed by atoms with van der Waals surface area (Å²) in [5, 5.41) is 0. The highest BCUT2D eigenvalue weighted by atomic mass is 16.5. The Bertz CT molecular complexity index is 1160. The van der Waals surface area contributed by atoms with Crippen molar-refractivity contribution in [3.8, 4) is 5.75 Å². The molecule has 0 spiro atoms. The Labute approximate surface area is 244 Å². The van der Waals surface area contributed by atoms with E-state index in [-0.39, 0.29) is 29.9 Å². The van der Waals surface area contributed by atoms with E-state index in [1.54, 1.807) is 0 Å². The second-order valence-electron chi connectivity index (χ2n) is 11.0. The summed E-state index contributed by atoms with van der Waals surface area (Å²) < 4.78 is 11.4. The minimum absolute atomic E-state index is 0.0186. The smallest absolute Gasteiger partial charge is 0.302 e. The molecule has 2 amide bonds. The Kier molecular flexibility index (Phi) is 11.2. The number of likely N-dealkylation sites (tertiary alicyclic amines) is 1. The van der Waals surface area contributed by atoms with Gasteiger partial charge in [0.05, 0.1) is 6.61 Å². The van der Waals surface area contributed by atoms with Gasteiger partial charge in [0, 0.05) is 50.3 Å². The molecule has 0 aromatic heterocycles. The van der Waals surface area contributed by atoms with Gasteiger partial charge in [-0.2, -0.15) is 0 Å². The van der Waals surface area contributed by atoms with Crippen molar-refractivity contribution in [1.82, 2.24) is 9.80 Å². The molecule has 2 aliphatic rings. The van der Waals surface area contributed by atoms with Crippen LogP contribution < -0.4 is 9.64 Å². The molecule has 1 saturated heterocycles. The summed E-state index contributed by atoms with van der Waals surface area (Å²) in [6.07, 6.45) is 5.38. The Morgan fingerprint density at radius 2 is 1.68 bits per heavy atom. The van der Waals surface area contributed by atoms with Crippen molar-refractivity contribution in [2.24, 2.45) is 0 Å². The average Bonchev–Trinajstić information content (AvgIpc) is 2.99. The molecular weight excluding hydrogens is 518 g/mol. The Hall–Kier alpha value is -3.39. The lowest BCUT2D eigenvalue weighted by Gasteiger charge is -2.41. The molecule has 2 aromatic carbocycles. The lowest BCUT2D eigenvalue weighted by Crippen LogP contribution is -2.50. The number of nitrogens with zero attached hydrogens (tertiary/aromatic N) is 3. The molecule has 0 radical (unpaired) electrons. The summed E-state index contributed by atoms with van der Waals surface area (Å²) in [5.41, 5.74) is 2.91.